The van der Waals surface area contributed by atoms with Crippen molar-refractivity contribution in [3.63, 3.8) is 0 Å². The lowest BCUT2D eigenvalue weighted by molar-refractivity contribution is 0.114. The molecule has 4 heteroatoms. The summed E-state index contributed by atoms with van der Waals surface area (Å²) in [6.45, 7) is 6.24. The smallest absolute Gasteiger partial charge is 0.120 e. The zero-order chi connectivity index (χ0) is 18.4. The van der Waals surface area contributed by atoms with Gasteiger partial charge in [-0.2, -0.15) is 0 Å². The average molecular weight is 354 g/mol. The van der Waals surface area contributed by atoms with Gasteiger partial charge in [-0.15, -0.1) is 0 Å². The maximum atomic E-state index is 6.15. The van der Waals surface area contributed by atoms with Crippen LogP contribution in [-0.2, 0) is 6.54 Å². The summed E-state index contributed by atoms with van der Waals surface area (Å²) in [6.07, 6.45) is 2.57. The molecule has 0 amide bonds. The summed E-state index contributed by atoms with van der Waals surface area (Å²) in [7, 11) is 3.88. The summed E-state index contributed by atoms with van der Waals surface area (Å²) in [5.74, 6) is 1.87. The Hall–Kier alpha value is -2.20. The number of benzene rings is 2. The minimum atomic E-state index is 0.348. The fourth-order valence-electron chi connectivity index (χ4n) is 3.38. The summed E-state index contributed by atoms with van der Waals surface area (Å²) >= 11 is 0. The molecule has 0 radical (unpaired) electrons. The Morgan fingerprint density at radius 2 is 1.77 bits per heavy atom. The molecule has 0 bridgehead atoms. The second-order valence-electron chi connectivity index (χ2n) is 6.98. The number of ether oxygens (including phenoxy) is 2. The molecule has 140 valence electrons. The van der Waals surface area contributed by atoms with Crippen LogP contribution in [0.3, 0.4) is 0 Å². The van der Waals surface area contributed by atoms with Gasteiger partial charge in [0, 0.05) is 37.9 Å². The van der Waals surface area contributed by atoms with E-state index in [-0.39, 0.29) is 0 Å². The van der Waals surface area contributed by atoms with Crippen molar-refractivity contribution in [1.29, 1.82) is 0 Å². The molecule has 2 aromatic carbocycles. The standard InChI is InChI=1S/C22H30N2O2/c1-4-24(19-6-5-7-22(16-19)25-3)17-18-8-10-20(11-9-18)26-21-12-14-23(2)15-13-21/h5-11,16,21H,4,12-15,17H2,1-3H3. The minimum Gasteiger partial charge on any atom is -0.497 e. The molecular weight excluding hydrogens is 324 g/mol. The van der Waals surface area contributed by atoms with Gasteiger partial charge in [0.25, 0.3) is 0 Å². The predicted molar refractivity (Wildman–Crippen MR) is 107 cm³/mol. The number of nitrogens with zero attached hydrogens (tertiary/aromatic N) is 2. The fraction of sp³-hybridized carbons (Fsp3) is 0.455. The van der Waals surface area contributed by atoms with Gasteiger partial charge in [0.2, 0.25) is 0 Å². The van der Waals surface area contributed by atoms with E-state index in [1.807, 2.05) is 12.1 Å². The minimum absolute atomic E-state index is 0.348. The first-order chi connectivity index (χ1) is 12.7. The molecule has 1 saturated heterocycles. The summed E-state index contributed by atoms with van der Waals surface area (Å²) in [6, 6.07) is 16.8. The van der Waals surface area contributed by atoms with Crippen molar-refractivity contribution >= 4 is 5.69 Å². The van der Waals surface area contributed by atoms with Crippen LogP contribution in [0.2, 0.25) is 0 Å². The van der Waals surface area contributed by atoms with Crippen LogP contribution in [0.4, 0.5) is 5.69 Å². The molecule has 1 fully saturated rings. The number of likely N-dealkylation sites (tertiary alicyclic amines) is 1. The summed E-state index contributed by atoms with van der Waals surface area (Å²) in [5.41, 5.74) is 2.46. The molecule has 0 unspecified atom stereocenters. The monoisotopic (exact) mass is 354 g/mol. The van der Waals surface area contributed by atoms with E-state index in [0.717, 1.165) is 50.5 Å². The van der Waals surface area contributed by atoms with E-state index < -0.39 is 0 Å². The topological polar surface area (TPSA) is 24.9 Å². The highest BCUT2D eigenvalue weighted by molar-refractivity contribution is 5.51. The maximum absolute atomic E-state index is 6.15. The number of anilines is 1. The fourth-order valence-corrected chi connectivity index (χ4v) is 3.38. The first-order valence-corrected chi connectivity index (χ1v) is 9.51. The Kier molecular flexibility index (Phi) is 6.40. The van der Waals surface area contributed by atoms with E-state index in [0.29, 0.717) is 6.10 Å². The van der Waals surface area contributed by atoms with E-state index in [1.54, 1.807) is 7.11 Å². The van der Waals surface area contributed by atoms with Gasteiger partial charge in [0.15, 0.2) is 0 Å². The van der Waals surface area contributed by atoms with Crippen LogP contribution < -0.4 is 14.4 Å². The number of hydrogen-bond acceptors (Lipinski definition) is 4. The predicted octanol–water partition coefficient (Wildman–Crippen LogP) is 4.19. The van der Waals surface area contributed by atoms with E-state index in [2.05, 4.69) is 60.2 Å². The number of hydrogen-bond donors (Lipinski definition) is 0. The van der Waals surface area contributed by atoms with Gasteiger partial charge >= 0.3 is 0 Å². The largest absolute Gasteiger partial charge is 0.497 e. The molecule has 1 aliphatic rings. The first kappa shape index (κ1) is 18.6. The molecule has 1 aliphatic heterocycles. The SMILES string of the molecule is CCN(Cc1ccc(OC2CCN(C)CC2)cc1)c1cccc(OC)c1. The number of methoxy groups -OCH3 is 1. The van der Waals surface area contributed by atoms with Gasteiger partial charge in [-0.25, -0.2) is 0 Å². The lowest BCUT2D eigenvalue weighted by Gasteiger charge is -2.29. The van der Waals surface area contributed by atoms with Gasteiger partial charge in [0.05, 0.1) is 7.11 Å². The Labute approximate surface area is 157 Å². The van der Waals surface area contributed by atoms with Crippen LogP contribution in [0.5, 0.6) is 11.5 Å². The zero-order valence-corrected chi connectivity index (χ0v) is 16.1. The Bertz CT molecular complexity index is 679. The molecule has 3 rings (SSSR count). The highest BCUT2D eigenvalue weighted by Crippen LogP contribution is 2.24. The van der Waals surface area contributed by atoms with Crippen molar-refractivity contribution in [1.82, 2.24) is 4.90 Å². The quantitative estimate of drug-likeness (QED) is 0.744. The van der Waals surface area contributed by atoms with Crippen LogP contribution in [0.25, 0.3) is 0 Å². The van der Waals surface area contributed by atoms with Gasteiger partial charge in [-0.05, 0) is 56.6 Å². The summed E-state index contributed by atoms with van der Waals surface area (Å²) < 4.78 is 11.5. The number of piperidine rings is 1. The van der Waals surface area contributed by atoms with Crippen molar-refractivity contribution in [3.05, 3.63) is 54.1 Å². The first-order valence-electron chi connectivity index (χ1n) is 9.51. The molecule has 0 N–H and O–H groups in total. The highest BCUT2D eigenvalue weighted by atomic mass is 16.5. The Balaban J connectivity index is 1.60. The van der Waals surface area contributed by atoms with E-state index >= 15 is 0 Å². The van der Waals surface area contributed by atoms with Crippen molar-refractivity contribution in [2.75, 3.05) is 38.7 Å². The highest BCUT2D eigenvalue weighted by Gasteiger charge is 2.18. The van der Waals surface area contributed by atoms with Crippen molar-refractivity contribution in [2.45, 2.75) is 32.4 Å². The molecular formula is C22H30N2O2. The van der Waals surface area contributed by atoms with Crippen molar-refractivity contribution in [3.8, 4) is 11.5 Å². The van der Waals surface area contributed by atoms with Crippen LogP contribution >= 0.6 is 0 Å². The van der Waals surface area contributed by atoms with Crippen molar-refractivity contribution < 1.29 is 9.47 Å². The molecule has 0 atom stereocenters. The maximum Gasteiger partial charge on any atom is 0.120 e. The third-order valence-corrected chi connectivity index (χ3v) is 5.07. The van der Waals surface area contributed by atoms with Gasteiger partial charge < -0.3 is 19.3 Å². The van der Waals surface area contributed by atoms with Crippen LogP contribution in [-0.4, -0.2) is 44.8 Å². The molecule has 0 spiro atoms. The zero-order valence-electron chi connectivity index (χ0n) is 16.1. The van der Waals surface area contributed by atoms with E-state index in [4.69, 9.17) is 9.47 Å². The molecule has 4 nitrogen and oxygen atoms in total. The molecule has 26 heavy (non-hydrogen) atoms. The lowest BCUT2D eigenvalue weighted by Crippen LogP contribution is -2.35. The van der Waals surface area contributed by atoms with Gasteiger partial charge in [-0.1, -0.05) is 18.2 Å². The molecule has 0 aliphatic carbocycles. The molecule has 0 aromatic heterocycles. The molecule has 0 saturated carbocycles. The number of rotatable bonds is 7. The lowest BCUT2D eigenvalue weighted by atomic mass is 10.1. The third kappa shape index (κ3) is 4.92. The van der Waals surface area contributed by atoms with Crippen LogP contribution in [0.15, 0.2) is 48.5 Å². The van der Waals surface area contributed by atoms with Crippen LogP contribution in [0, 0.1) is 0 Å². The van der Waals surface area contributed by atoms with E-state index in [1.165, 1.54) is 11.3 Å². The Morgan fingerprint density at radius 1 is 1.04 bits per heavy atom. The summed E-state index contributed by atoms with van der Waals surface area (Å²) in [5, 5.41) is 0. The van der Waals surface area contributed by atoms with Gasteiger partial charge in [-0.3, -0.25) is 0 Å². The third-order valence-electron chi connectivity index (χ3n) is 5.07. The average Bonchev–Trinajstić information content (AvgIpc) is 2.69. The second-order valence-corrected chi connectivity index (χ2v) is 6.98. The normalized spacial score (nSPS) is 15.7. The second kappa shape index (κ2) is 8.95. The van der Waals surface area contributed by atoms with Crippen molar-refractivity contribution in [2.24, 2.45) is 0 Å². The molecule has 1 heterocycles. The molecule has 2 aromatic rings. The van der Waals surface area contributed by atoms with Crippen LogP contribution in [0.1, 0.15) is 25.3 Å². The summed E-state index contributed by atoms with van der Waals surface area (Å²) in [4.78, 5) is 4.70. The van der Waals surface area contributed by atoms with E-state index in [9.17, 15) is 0 Å². The Morgan fingerprint density at radius 3 is 2.42 bits per heavy atom. The van der Waals surface area contributed by atoms with Gasteiger partial charge in [0.1, 0.15) is 17.6 Å².